The predicted octanol–water partition coefficient (Wildman–Crippen LogP) is 0.393. The number of anilines is 1. The molecule has 21 heavy (non-hydrogen) atoms. The average molecular weight is 295 g/mol. The van der Waals surface area contributed by atoms with E-state index in [1.807, 2.05) is 6.92 Å². The van der Waals surface area contributed by atoms with E-state index in [1.54, 1.807) is 6.07 Å². The van der Waals surface area contributed by atoms with Gasteiger partial charge in [-0.25, -0.2) is 14.6 Å². The van der Waals surface area contributed by atoms with Crippen molar-refractivity contribution in [1.29, 1.82) is 0 Å². The third-order valence-corrected chi connectivity index (χ3v) is 3.22. The lowest BCUT2D eigenvalue weighted by molar-refractivity contribution is -0.0611. The molecule has 8 nitrogen and oxygen atoms in total. The van der Waals surface area contributed by atoms with Gasteiger partial charge in [-0.2, -0.15) is 0 Å². The summed E-state index contributed by atoms with van der Waals surface area (Å²) < 4.78 is 5.35. The fraction of sp³-hybridized carbons (Fsp3) is 0.462. The molecule has 114 valence electrons. The van der Waals surface area contributed by atoms with Gasteiger partial charge in [-0.15, -0.1) is 0 Å². The molecule has 8 heteroatoms. The number of carboxylic acids is 1. The molecule has 0 saturated carbocycles. The number of carboxylic acid groups (broad SMARTS) is 1. The van der Waals surface area contributed by atoms with Gasteiger partial charge in [0.1, 0.15) is 0 Å². The van der Waals surface area contributed by atoms with Crippen molar-refractivity contribution in [3.05, 3.63) is 24.0 Å². The van der Waals surface area contributed by atoms with E-state index in [1.165, 1.54) is 17.2 Å². The first-order chi connectivity index (χ1) is 10.0. The van der Waals surface area contributed by atoms with Gasteiger partial charge in [0.25, 0.3) is 0 Å². The number of hydrogen-bond donors (Lipinski definition) is 3. The molecule has 2 unspecified atom stereocenters. The topological polar surface area (TPSA) is 112 Å². The summed E-state index contributed by atoms with van der Waals surface area (Å²) in [6.07, 6.45) is 0.915. The zero-order valence-corrected chi connectivity index (χ0v) is 11.5. The molecule has 3 N–H and O–H groups in total. The number of pyridine rings is 1. The Labute approximate surface area is 121 Å². The molecule has 0 radical (unpaired) electrons. The number of aliphatic hydroxyl groups is 1. The van der Waals surface area contributed by atoms with E-state index in [0.29, 0.717) is 6.61 Å². The highest BCUT2D eigenvalue weighted by atomic mass is 16.5. The van der Waals surface area contributed by atoms with Crippen molar-refractivity contribution in [3.8, 4) is 0 Å². The summed E-state index contributed by atoms with van der Waals surface area (Å²) in [5.41, 5.74) is -0.0836. The van der Waals surface area contributed by atoms with Gasteiger partial charge in [-0.3, -0.25) is 0 Å². The summed E-state index contributed by atoms with van der Waals surface area (Å²) in [6, 6.07) is 2.40. The first-order valence-corrected chi connectivity index (χ1v) is 6.51. The monoisotopic (exact) mass is 295 g/mol. The Morgan fingerprint density at radius 2 is 2.33 bits per heavy atom. The number of amides is 2. The summed E-state index contributed by atoms with van der Waals surface area (Å²) in [6.45, 7) is 2.20. The van der Waals surface area contributed by atoms with Gasteiger partial charge in [-0.1, -0.05) is 0 Å². The molecule has 1 saturated heterocycles. The van der Waals surface area contributed by atoms with Gasteiger partial charge < -0.3 is 25.2 Å². The molecule has 1 aromatic heterocycles. The van der Waals surface area contributed by atoms with Gasteiger partial charge in [-0.05, 0) is 19.1 Å². The number of nitrogens with zero attached hydrogens (tertiary/aromatic N) is 2. The largest absolute Gasteiger partial charge is 0.476 e. The number of aliphatic hydroxyl groups excluding tert-OH is 1. The first kappa shape index (κ1) is 15.2. The molecule has 1 aromatic rings. The van der Waals surface area contributed by atoms with E-state index in [0.717, 1.165) is 0 Å². The molecule has 0 aliphatic carbocycles. The summed E-state index contributed by atoms with van der Waals surface area (Å²) in [7, 11) is 0. The van der Waals surface area contributed by atoms with Crippen LogP contribution >= 0.6 is 0 Å². The summed E-state index contributed by atoms with van der Waals surface area (Å²) in [5.74, 6) is -1.21. The van der Waals surface area contributed by atoms with Crippen LogP contribution in [0.2, 0.25) is 0 Å². The van der Waals surface area contributed by atoms with E-state index in [9.17, 15) is 9.59 Å². The zero-order chi connectivity index (χ0) is 15.4. The van der Waals surface area contributed by atoms with Crippen molar-refractivity contribution in [2.75, 3.05) is 25.1 Å². The fourth-order valence-corrected chi connectivity index (χ4v) is 2.07. The normalized spacial score (nSPS) is 21.9. The third-order valence-electron chi connectivity index (χ3n) is 3.22. The molecule has 2 amide bonds. The van der Waals surface area contributed by atoms with E-state index >= 15 is 0 Å². The van der Waals surface area contributed by atoms with Crippen molar-refractivity contribution in [3.63, 3.8) is 0 Å². The molecule has 0 spiro atoms. The number of aromatic carboxylic acids is 1. The molecular weight excluding hydrogens is 278 g/mol. The number of hydrogen-bond acceptors (Lipinski definition) is 5. The Balaban J connectivity index is 2.12. The van der Waals surface area contributed by atoms with Crippen LogP contribution in [0.5, 0.6) is 0 Å². The van der Waals surface area contributed by atoms with E-state index < -0.39 is 18.1 Å². The zero-order valence-electron chi connectivity index (χ0n) is 11.5. The maximum atomic E-state index is 12.3. The average Bonchev–Trinajstić information content (AvgIpc) is 2.48. The molecule has 2 heterocycles. The Hall–Kier alpha value is -2.19. The Bertz CT molecular complexity index is 536. The van der Waals surface area contributed by atoms with Gasteiger partial charge in [0, 0.05) is 6.20 Å². The van der Waals surface area contributed by atoms with Crippen LogP contribution in [0.15, 0.2) is 18.3 Å². The van der Waals surface area contributed by atoms with Crippen molar-refractivity contribution in [2.24, 2.45) is 0 Å². The van der Waals surface area contributed by atoms with Gasteiger partial charge in [0.2, 0.25) is 0 Å². The van der Waals surface area contributed by atoms with Crippen LogP contribution in [0.3, 0.4) is 0 Å². The van der Waals surface area contributed by atoms with Gasteiger partial charge in [0.05, 0.1) is 37.6 Å². The molecule has 1 aliphatic rings. The summed E-state index contributed by atoms with van der Waals surface area (Å²) in [4.78, 5) is 28.6. The van der Waals surface area contributed by atoms with Crippen LogP contribution < -0.4 is 5.32 Å². The van der Waals surface area contributed by atoms with Crippen LogP contribution in [0, 0.1) is 0 Å². The van der Waals surface area contributed by atoms with E-state index in [-0.39, 0.29) is 30.6 Å². The lowest BCUT2D eigenvalue weighted by atomic mass is 10.2. The standard InChI is InChI=1S/C13H17N3O5/c1-8-7-21-9(6-17)5-16(8)13(20)15-10-3-2-4-14-11(10)12(18)19/h2-4,8-9,17H,5-7H2,1H3,(H,15,20)(H,18,19). The predicted molar refractivity (Wildman–Crippen MR) is 73.2 cm³/mol. The number of aromatic nitrogens is 1. The maximum absolute atomic E-state index is 12.3. The van der Waals surface area contributed by atoms with Crippen molar-refractivity contribution in [1.82, 2.24) is 9.88 Å². The van der Waals surface area contributed by atoms with E-state index in [4.69, 9.17) is 14.9 Å². The SMILES string of the molecule is CC1COC(CO)CN1C(=O)Nc1cccnc1C(=O)O. The lowest BCUT2D eigenvalue weighted by Crippen LogP contribution is -2.53. The minimum absolute atomic E-state index is 0.134. The Morgan fingerprint density at radius 3 is 3.00 bits per heavy atom. The number of carbonyl (C=O) groups excluding carboxylic acids is 1. The highest BCUT2D eigenvalue weighted by Gasteiger charge is 2.30. The molecular formula is C13H17N3O5. The van der Waals surface area contributed by atoms with Crippen molar-refractivity contribution >= 4 is 17.7 Å². The van der Waals surface area contributed by atoms with E-state index in [2.05, 4.69) is 10.3 Å². The van der Waals surface area contributed by atoms with Gasteiger partial charge in [0.15, 0.2) is 5.69 Å². The number of ether oxygens (including phenoxy) is 1. The Morgan fingerprint density at radius 1 is 1.57 bits per heavy atom. The highest BCUT2D eigenvalue weighted by Crippen LogP contribution is 2.16. The number of nitrogens with one attached hydrogen (secondary N) is 1. The number of carbonyl (C=O) groups is 2. The quantitative estimate of drug-likeness (QED) is 0.744. The molecule has 0 bridgehead atoms. The second-order valence-electron chi connectivity index (χ2n) is 4.77. The number of morpholine rings is 1. The minimum atomic E-state index is -1.21. The minimum Gasteiger partial charge on any atom is -0.476 e. The Kier molecular flexibility index (Phi) is 4.71. The molecule has 0 aromatic carbocycles. The molecule has 2 atom stereocenters. The highest BCUT2D eigenvalue weighted by molar-refractivity contribution is 5.98. The van der Waals surface area contributed by atoms with Crippen LogP contribution in [-0.4, -0.2) is 64.0 Å². The molecule has 1 aliphatic heterocycles. The maximum Gasteiger partial charge on any atom is 0.356 e. The van der Waals surface area contributed by atoms with Crippen LogP contribution in [0.4, 0.5) is 10.5 Å². The lowest BCUT2D eigenvalue weighted by Gasteiger charge is -2.37. The fourth-order valence-electron chi connectivity index (χ4n) is 2.07. The first-order valence-electron chi connectivity index (χ1n) is 6.51. The third kappa shape index (κ3) is 3.47. The van der Waals surface area contributed by atoms with Crippen LogP contribution in [0.1, 0.15) is 17.4 Å². The van der Waals surface area contributed by atoms with Gasteiger partial charge >= 0.3 is 12.0 Å². The summed E-state index contributed by atoms with van der Waals surface area (Å²) >= 11 is 0. The molecule has 1 fully saturated rings. The smallest absolute Gasteiger partial charge is 0.356 e. The number of rotatable bonds is 3. The number of urea groups is 1. The summed E-state index contributed by atoms with van der Waals surface area (Å²) in [5, 5.41) is 20.7. The second-order valence-corrected chi connectivity index (χ2v) is 4.77. The van der Waals surface area contributed by atoms with Crippen LogP contribution in [-0.2, 0) is 4.74 Å². The second kappa shape index (κ2) is 6.51. The molecule has 2 rings (SSSR count). The van der Waals surface area contributed by atoms with Crippen molar-refractivity contribution in [2.45, 2.75) is 19.1 Å². The van der Waals surface area contributed by atoms with Crippen molar-refractivity contribution < 1.29 is 24.5 Å². The van der Waals surface area contributed by atoms with Crippen LogP contribution in [0.25, 0.3) is 0 Å².